The summed E-state index contributed by atoms with van der Waals surface area (Å²) in [5.41, 5.74) is 0. The maximum Gasteiger partial charge on any atom is 0.0573 e. The van der Waals surface area contributed by atoms with Crippen molar-refractivity contribution in [2.45, 2.75) is 116 Å². The Labute approximate surface area is 133 Å². The van der Waals surface area contributed by atoms with Gasteiger partial charge in [-0.2, -0.15) is 0 Å². The van der Waals surface area contributed by atoms with E-state index in [4.69, 9.17) is 0 Å². The molecule has 1 saturated carbocycles. The summed E-state index contributed by atoms with van der Waals surface area (Å²) >= 11 is 0. The van der Waals surface area contributed by atoms with Gasteiger partial charge in [-0.3, -0.25) is 5.32 Å². The van der Waals surface area contributed by atoms with Crippen LogP contribution in [0.25, 0.3) is 0 Å². The second-order valence-corrected chi connectivity index (χ2v) is 6.92. The quantitative estimate of drug-likeness (QED) is 0.352. The predicted molar refractivity (Wildman–Crippen MR) is 94.7 cm³/mol. The van der Waals surface area contributed by atoms with Gasteiger partial charge in [-0.15, -0.1) is 0 Å². The van der Waals surface area contributed by atoms with Crippen LogP contribution in [0.5, 0.6) is 0 Å². The SMILES string of the molecule is CCCCCCCCCC(NCCC)NC1CCCCC1. The molecule has 0 heterocycles. The number of unbranched alkanes of at least 4 members (excludes halogenated alkanes) is 6. The van der Waals surface area contributed by atoms with Crippen molar-refractivity contribution in [3.63, 3.8) is 0 Å². The molecule has 2 heteroatoms. The second-order valence-electron chi connectivity index (χ2n) is 6.92. The Kier molecular flexibility index (Phi) is 12.3. The molecule has 126 valence electrons. The zero-order valence-corrected chi connectivity index (χ0v) is 14.8. The molecule has 0 aromatic rings. The molecule has 1 fully saturated rings. The third-order valence-electron chi connectivity index (χ3n) is 4.78. The van der Waals surface area contributed by atoms with Gasteiger partial charge in [-0.05, 0) is 32.2 Å². The van der Waals surface area contributed by atoms with E-state index in [1.54, 1.807) is 0 Å². The van der Waals surface area contributed by atoms with Crippen molar-refractivity contribution in [1.82, 2.24) is 10.6 Å². The van der Waals surface area contributed by atoms with Crippen LogP contribution in [0.2, 0.25) is 0 Å². The summed E-state index contributed by atoms with van der Waals surface area (Å²) in [6, 6.07) is 0.776. The van der Waals surface area contributed by atoms with E-state index < -0.39 is 0 Å². The smallest absolute Gasteiger partial charge is 0.0573 e. The molecular weight excluding hydrogens is 256 g/mol. The summed E-state index contributed by atoms with van der Waals surface area (Å²) in [6.07, 6.45) is 20.1. The highest BCUT2D eigenvalue weighted by atomic mass is 15.1. The first-order valence-electron chi connectivity index (χ1n) is 9.86. The minimum absolute atomic E-state index is 0.559. The summed E-state index contributed by atoms with van der Waals surface area (Å²) in [5, 5.41) is 7.61. The van der Waals surface area contributed by atoms with E-state index >= 15 is 0 Å². The Bertz CT molecular complexity index is 212. The van der Waals surface area contributed by atoms with E-state index in [1.807, 2.05) is 0 Å². The average Bonchev–Trinajstić information content (AvgIpc) is 2.52. The Morgan fingerprint density at radius 1 is 0.810 bits per heavy atom. The standard InChI is InChI=1S/C19H40N2/c1-3-5-6-7-8-9-13-16-19(20-17-4-2)21-18-14-11-10-12-15-18/h18-21H,3-17H2,1-2H3. The Morgan fingerprint density at radius 2 is 1.48 bits per heavy atom. The lowest BCUT2D eigenvalue weighted by molar-refractivity contribution is 0.292. The highest BCUT2D eigenvalue weighted by Gasteiger charge is 2.17. The van der Waals surface area contributed by atoms with E-state index in [2.05, 4.69) is 24.5 Å². The molecule has 0 aliphatic heterocycles. The molecule has 1 aliphatic carbocycles. The van der Waals surface area contributed by atoms with Gasteiger partial charge in [0, 0.05) is 6.04 Å². The molecule has 21 heavy (non-hydrogen) atoms. The minimum atomic E-state index is 0.559. The fraction of sp³-hybridized carbons (Fsp3) is 1.00. The summed E-state index contributed by atoms with van der Waals surface area (Å²) in [7, 11) is 0. The molecule has 2 N–H and O–H groups in total. The van der Waals surface area contributed by atoms with Gasteiger partial charge in [0.05, 0.1) is 6.17 Å². The molecule has 0 saturated heterocycles. The maximum absolute atomic E-state index is 3.89. The third-order valence-corrected chi connectivity index (χ3v) is 4.78. The van der Waals surface area contributed by atoms with Crippen molar-refractivity contribution in [2.24, 2.45) is 0 Å². The van der Waals surface area contributed by atoms with Crippen LogP contribution >= 0.6 is 0 Å². The molecule has 1 aliphatic rings. The lowest BCUT2D eigenvalue weighted by Gasteiger charge is -2.29. The van der Waals surface area contributed by atoms with Crippen molar-refractivity contribution in [3.8, 4) is 0 Å². The zero-order chi connectivity index (χ0) is 15.2. The van der Waals surface area contributed by atoms with Crippen molar-refractivity contribution < 1.29 is 0 Å². The van der Waals surface area contributed by atoms with Crippen molar-refractivity contribution in [3.05, 3.63) is 0 Å². The second kappa shape index (κ2) is 13.6. The molecule has 1 atom stereocenters. The first kappa shape index (κ1) is 19.0. The van der Waals surface area contributed by atoms with Gasteiger partial charge in [-0.1, -0.05) is 78.1 Å². The molecule has 2 nitrogen and oxygen atoms in total. The van der Waals surface area contributed by atoms with Crippen LogP contribution in [0.4, 0.5) is 0 Å². The first-order valence-corrected chi connectivity index (χ1v) is 9.86. The number of hydrogen-bond donors (Lipinski definition) is 2. The summed E-state index contributed by atoms with van der Waals surface area (Å²) in [4.78, 5) is 0. The van der Waals surface area contributed by atoms with Crippen LogP contribution in [0, 0.1) is 0 Å². The number of rotatable bonds is 13. The topological polar surface area (TPSA) is 24.1 Å². The van der Waals surface area contributed by atoms with Crippen LogP contribution in [0.1, 0.15) is 104 Å². The molecule has 0 aromatic carbocycles. The Hall–Kier alpha value is -0.0800. The van der Waals surface area contributed by atoms with Gasteiger partial charge in [-0.25, -0.2) is 0 Å². The molecule has 0 spiro atoms. The van der Waals surface area contributed by atoms with Gasteiger partial charge in [0.2, 0.25) is 0 Å². The Balaban J connectivity index is 2.10. The Morgan fingerprint density at radius 3 is 2.14 bits per heavy atom. The molecular formula is C19H40N2. The third kappa shape index (κ3) is 10.3. The van der Waals surface area contributed by atoms with Crippen LogP contribution < -0.4 is 10.6 Å². The highest BCUT2D eigenvalue weighted by molar-refractivity contribution is 4.76. The lowest BCUT2D eigenvalue weighted by Crippen LogP contribution is -2.48. The van der Waals surface area contributed by atoms with Crippen molar-refractivity contribution >= 4 is 0 Å². The maximum atomic E-state index is 3.89. The van der Waals surface area contributed by atoms with Crippen LogP contribution in [-0.4, -0.2) is 18.8 Å². The molecule has 0 aromatic heterocycles. The largest absolute Gasteiger partial charge is 0.302 e. The van der Waals surface area contributed by atoms with Crippen LogP contribution in [0.15, 0.2) is 0 Å². The van der Waals surface area contributed by atoms with Crippen LogP contribution in [0.3, 0.4) is 0 Å². The average molecular weight is 297 g/mol. The van der Waals surface area contributed by atoms with Crippen molar-refractivity contribution in [1.29, 1.82) is 0 Å². The monoisotopic (exact) mass is 296 g/mol. The van der Waals surface area contributed by atoms with E-state index in [1.165, 1.54) is 89.9 Å². The molecule has 0 bridgehead atoms. The summed E-state index contributed by atoms with van der Waals surface area (Å²) in [6.45, 7) is 5.71. The normalized spacial score (nSPS) is 18.0. The zero-order valence-electron chi connectivity index (χ0n) is 14.8. The lowest BCUT2D eigenvalue weighted by atomic mass is 9.95. The van der Waals surface area contributed by atoms with Gasteiger partial charge < -0.3 is 5.32 Å². The minimum Gasteiger partial charge on any atom is -0.302 e. The summed E-state index contributed by atoms with van der Waals surface area (Å²) in [5.74, 6) is 0. The van der Waals surface area contributed by atoms with E-state index in [0.29, 0.717) is 6.17 Å². The fourth-order valence-corrected chi connectivity index (χ4v) is 3.42. The highest BCUT2D eigenvalue weighted by Crippen LogP contribution is 2.18. The molecule has 0 radical (unpaired) electrons. The summed E-state index contributed by atoms with van der Waals surface area (Å²) < 4.78 is 0. The van der Waals surface area contributed by atoms with Crippen LogP contribution in [-0.2, 0) is 0 Å². The fourth-order valence-electron chi connectivity index (χ4n) is 3.42. The molecule has 1 rings (SSSR count). The van der Waals surface area contributed by atoms with Gasteiger partial charge in [0.1, 0.15) is 0 Å². The van der Waals surface area contributed by atoms with Gasteiger partial charge >= 0.3 is 0 Å². The first-order chi connectivity index (χ1) is 10.4. The number of hydrogen-bond acceptors (Lipinski definition) is 2. The number of nitrogens with one attached hydrogen (secondary N) is 2. The van der Waals surface area contributed by atoms with Gasteiger partial charge in [0.15, 0.2) is 0 Å². The molecule has 0 amide bonds. The van der Waals surface area contributed by atoms with E-state index in [0.717, 1.165) is 12.6 Å². The molecule has 1 unspecified atom stereocenters. The van der Waals surface area contributed by atoms with Crippen molar-refractivity contribution in [2.75, 3.05) is 6.54 Å². The predicted octanol–water partition coefficient (Wildman–Crippen LogP) is 5.38. The van der Waals surface area contributed by atoms with E-state index in [-0.39, 0.29) is 0 Å². The van der Waals surface area contributed by atoms with E-state index in [9.17, 15) is 0 Å². The van der Waals surface area contributed by atoms with Gasteiger partial charge in [0.25, 0.3) is 0 Å².